The van der Waals surface area contributed by atoms with Gasteiger partial charge in [-0.15, -0.1) is 11.3 Å². The van der Waals surface area contributed by atoms with Crippen LogP contribution in [0.1, 0.15) is 52.1 Å². The number of β-lactam (4-membered cyclic amide) rings is 1. The number of fused-ring (bicyclic) bond motifs is 1. The van der Waals surface area contributed by atoms with Gasteiger partial charge in [0, 0.05) is 23.4 Å². The van der Waals surface area contributed by atoms with Gasteiger partial charge in [-0.05, 0) is 38.2 Å². The van der Waals surface area contributed by atoms with Gasteiger partial charge in [-0.1, -0.05) is 32.5 Å². The van der Waals surface area contributed by atoms with E-state index in [9.17, 15) is 24.6 Å². The predicted molar refractivity (Wildman–Crippen MR) is 141 cm³/mol. The molecule has 37 heavy (non-hydrogen) atoms. The number of aliphatic hydroxyl groups excluding tert-OH is 2. The van der Waals surface area contributed by atoms with Crippen molar-refractivity contribution in [2.24, 2.45) is 17.8 Å². The van der Waals surface area contributed by atoms with E-state index < -0.39 is 30.9 Å². The van der Waals surface area contributed by atoms with Gasteiger partial charge in [0.1, 0.15) is 5.70 Å². The van der Waals surface area contributed by atoms with Gasteiger partial charge in [-0.2, -0.15) is 0 Å². The van der Waals surface area contributed by atoms with Gasteiger partial charge in [0.25, 0.3) is 0 Å². The van der Waals surface area contributed by atoms with Crippen LogP contribution in [0.15, 0.2) is 21.5 Å². The number of hydrogen-bond donors (Lipinski definition) is 2. The Morgan fingerprint density at radius 3 is 2.57 bits per heavy atom. The summed E-state index contributed by atoms with van der Waals surface area (Å²) in [6.07, 6.45) is 0.345. The van der Waals surface area contributed by atoms with Gasteiger partial charge in [0.2, 0.25) is 12.7 Å². The number of esters is 1. The number of carbonyl (C=O) groups excluding carboxylic acids is 3. The third-order valence-corrected chi connectivity index (χ3v) is 8.26. The van der Waals surface area contributed by atoms with Crippen molar-refractivity contribution in [1.29, 1.82) is 0 Å². The van der Waals surface area contributed by atoms with Crippen LogP contribution in [0.2, 0.25) is 0 Å². The van der Waals surface area contributed by atoms with Crippen LogP contribution in [-0.4, -0.2) is 74.5 Å². The molecule has 0 aromatic carbocycles. The van der Waals surface area contributed by atoms with E-state index in [0.29, 0.717) is 17.1 Å². The second-order valence-corrected chi connectivity index (χ2v) is 11.6. The lowest BCUT2D eigenvalue weighted by Crippen LogP contribution is -2.63. The lowest BCUT2D eigenvalue weighted by atomic mass is 9.79. The molecule has 0 radical (unpaired) electrons. The maximum Gasteiger partial charge on any atom is 0.412 e. The summed E-state index contributed by atoms with van der Waals surface area (Å²) in [6.45, 7) is 10.9. The van der Waals surface area contributed by atoms with Gasteiger partial charge in [0.05, 0.1) is 40.8 Å². The first kappa shape index (κ1) is 29.2. The van der Waals surface area contributed by atoms with E-state index >= 15 is 0 Å². The lowest BCUT2D eigenvalue weighted by Gasteiger charge is -2.46. The molecule has 0 saturated carbocycles. The largest absolute Gasteiger partial charge is 0.423 e. The van der Waals surface area contributed by atoms with E-state index in [4.69, 9.17) is 9.47 Å². The zero-order chi connectivity index (χ0) is 27.4. The molecule has 2 N–H and O–H groups in total. The first-order valence-electron chi connectivity index (χ1n) is 12.2. The van der Waals surface area contributed by atoms with Gasteiger partial charge in [0.15, 0.2) is 0 Å². The summed E-state index contributed by atoms with van der Waals surface area (Å²) in [5, 5.41) is 21.3. The lowest BCUT2D eigenvalue weighted by molar-refractivity contribution is -0.166. The minimum Gasteiger partial charge on any atom is -0.423 e. The molecule has 4 atom stereocenters. The molecule has 2 aliphatic heterocycles. The quantitative estimate of drug-likeness (QED) is 0.241. The monoisotopic (exact) mass is 553 g/mol. The van der Waals surface area contributed by atoms with Crippen LogP contribution >= 0.6 is 23.1 Å². The van der Waals surface area contributed by atoms with Crippen molar-refractivity contribution >= 4 is 47.1 Å². The van der Waals surface area contributed by atoms with Crippen molar-refractivity contribution in [3.63, 3.8) is 0 Å². The van der Waals surface area contributed by atoms with Crippen molar-refractivity contribution in [2.75, 3.05) is 13.3 Å². The van der Waals surface area contributed by atoms with Crippen molar-refractivity contribution in [3.05, 3.63) is 32.1 Å². The minimum atomic E-state index is -0.860. The maximum atomic E-state index is 13.1. The number of aliphatic hydroxyl groups is 2. The molecule has 0 unspecified atom stereocenters. The van der Waals surface area contributed by atoms with E-state index in [1.165, 1.54) is 28.0 Å². The van der Waals surface area contributed by atoms with Crippen LogP contribution in [0, 0.1) is 17.8 Å². The first-order chi connectivity index (χ1) is 17.5. The average Bonchev–Trinajstić information content (AvgIpc) is 3.37. The zero-order valence-electron chi connectivity index (χ0n) is 21.9. The standard InChI is InChI=1S/C25H35N3O7S2/c1-13(2)9-27(14(3)4)25(33)35-12-34-24(32)21-22(36-8-7-18-17(10-29)26-11-37-18)15(5)20-19(16(6)30)23(31)28(20)21/h7-8,11,13-16,19-20,29-30H,9-10,12H2,1-6H3/t15-,16-,19-,20-/m1/s1. The molecule has 0 bridgehead atoms. The maximum absolute atomic E-state index is 13.1. The molecule has 12 heteroatoms. The summed E-state index contributed by atoms with van der Waals surface area (Å²) in [7, 11) is 0. The number of thioether (sulfide) groups is 1. The number of hydrogen-bond acceptors (Lipinski definition) is 10. The van der Waals surface area contributed by atoms with Crippen LogP contribution < -0.4 is 0 Å². The molecule has 2 amide bonds. The molecule has 0 aliphatic carbocycles. The van der Waals surface area contributed by atoms with Crippen LogP contribution in [0.4, 0.5) is 4.79 Å². The highest BCUT2D eigenvalue weighted by Gasteiger charge is 2.60. The summed E-state index contributed by atoms with van der Waals surface area (Å²) in [5.41, 5.74) is 2.29. The summed E-state index contributed by atoms with van der Waals surface area (Å²) in [6, 6.07) is -0.451. The Labute approximate surface area is 225 Å². The Balaban J connectivity index is 1.76. The average molecular weight is 554 g/mol. The fourth-order valence-electron chi connectivity index (χ4n) is 4.55. The summed E-state index contributed by atoms with van der Waals surface area (Å²) >= 11 is 2.64. The van der Waals surface area contributed by atoms with Crippen molar-refractivity contribution < 1.29 is 34.1 Å². The summed E-state index contributed by atoms with van der Waals surface area (Å²) < 4.78 is 10.5. The molecule has 204 valence electrons. The van der Waals surface area contributed by atoms with Crippen molar-refractivity contribution in [3.8, 4) is 0 Å². The Morgan fingerprint density at radius 1 is 1.27 bits per heavy atom. The number of aromatic nitrogens is 1. The van der Waals surface area contributed by atoms with E-state index in [1.54, 1.807) is 28.8 Å². The molecule has 2 aliphatic rings. The smallest absolute Gasteiger partial charge is 0.412 e. The number of ether oxygens (including phenoxy) is 2. The van der Waals surface area contributed by atoms with E-state index in [0.717, 1.165) is 4.88 Å². The second-order valence-electron chi connectivity index (χ2n) is 9.81. The number of nitrogens with zero attached hydrogens (tertiary/aromatic N) is 3. The van der Waals surface area contributed by atoms with Crippen LogP contribution in [-0.2, 0) is 25.7 Å². The first-order valence-corrected chi connectivity index (χ1v) is 14.0. The number of amides is 2. The second kappa shape index (κ2) is 12.4. The number of rotatable bonds is 11. The van der Waals surface area contributed by atoms with E-state index in [-0.39, 0.29) is 42.1 Å². The topological polar surface area (TPSA) is 130 Å². The Morgan fingerprint density at radius 2 is 1.97 bits per heavy atom. The molecule has 1 fully saturated rings. The Kier molecular flexibility index (Phi) is 9.79. The molecule has 1 saturated heterocycles. The van der Waals surface area contributed by atoms with Crippen LogP contribution in [0.25, 0.3) is 6.08 Å². The van der Waals surface area contributed by atoms with Crippen LogP contribution in [0.5, 0.6) is 0 Å². The third-order valence-electron chi connectivity index (χ3n) is 6.33. The fraction of sp³-hybridized carbons (Fsp3) is 0.600. The minimum absolute atomic E-state index is 0.0828. The molecule has 10 nitrogen and oxygen atoms in total. The van der Waals surface area contributed by atoms with Gasteiger partial charge >= 0.3 is 12.1 Å². The van der Waals surface area contributed by atoms with Crippen LogP contribution in [0.3, 0.4) is 0 Å². The predicted octanol–water partition coefficient (Wildman–Crippen LogP) is 3.41. The fourth-order valence-corrected chi connectivity index (χ4v) is 6.32. The summed E-state index contributed by atoms with van der Waals surface area (Å²) in [5.74, 6) is -1.72. The Hall–Kier alpha value is -2.41. The SMILES string of the molecule is CC(C)CN(C(=O)OCOC(=O)C1=C(SC=Cc2scnc2CO)[C@H](C)[C@@H]2[C@@H]([C@@H](C)O)C(=O)N12)C(C)C. The number of carbonyl (C=O) groups is 3. The molecule has 3 heterocycles. The highest BCUT2D eigenvalue weighted by molar-refractivity contribution is 8.06. The molecular weight excluding hydrogens is 518 g/mol. The highest BCUT2D eigenvalue weighted by atomic mass is 32.2. The van der Waals surface area contributed by atoms with Crippen molar-refractivity contribution in [1.82, 2.24) is 14.8 Å². The normalized spacial score (nSPS) is 22.1. The van der Waals surface area contributed by atoms with Crippen molar-refractivity contribution in [2.45, 2.75) is 66.3 Å². The highest BCUT2D eigenvalue weighted by Crippen LogP contribution is 2.51. The molecular formula is C25H35N3O7S2. The van der Waals surface area contributed by atoms with E-state index in [2.05, 4.69) is 4.98 Å². The third kappa shape index (κ3) is 6.19. The molecule has 1 aromatic rings. The molecule has 3 rings (SSSR count). The van der Waals surface area contributed by atoms with Gasteiger partial charge < -0.3 is 29.5 Å². The molecule has 0 spiro atoms. The Bertz CT molecular complexity index is 1070. The number of thiazole rings is 1. The zero-order valence-corrected chi connectivity index (χ0v) is 23.5. The molecule has 1 aromatic heterocycles. The summed E-state index contributed by atoms with van der Waals surface area (Å²) in [4.78, 5) is 47.0. The van der Waals surface area contributed by atoms with Gasteiger partial charge in [-0.3, -0.25) is 4.79 Å². The van der Waals surface area contributed by atoms with E-state index in [1.807, 2.05) is 34.6 Å². The van der Waals surface area contributed by atoms with Gasteiger partial charge in [-0.25, -0.2) is 14.6 Å².